The molecule has 5 atom stereocenters. The number of hydrogen-bond donors (Lipinski definition) is 0. The Kier molecular flexibility index (Phi) is 4.76. The summed E-state index contributed by atoms with van der Waals surface area (Å²) in [6.07, 6.45) is 0.838. The molecule has 152 valence electrons. The summed E-state index contributed by atoms with van der Waals surface area (Å²) >= 11 is 0. The number of carbonyl (C=O) groups is 2. The topological polar surface area (TPSA) is 83.6 Å². The van der Waals surface area contributed by atoms with Crippen molar-refractivity contribution in [2.45, 2.75) is 88.2 Å². The Morgan fingerprint density at radius 3 is 2.59 bits per heavy atom. The zero-order chi connectivity index (χ0) is 20.3. The van der Waals surface area contributed by atoms with Gasteiger partial charge in [0.25, 0.3) is 0 Å². The van der Waals surface area contributed by atoms with Crippen molar-refractivity contribution in [1.82, 2.24) is 0 Å². The summed E-state index contributed by atoms with van der Waals surface area (Å²) in [5.74, 6) is -0.444. The van der Waals surface area contributed by atoms with E-state index in [4.69, 9.17) is 23.4 Å². The van der Waals surface area contributed by atoms with E-state index in [0.717, 1.165) is 0 Å². The van der Waals surface area contributed by atoms with Gasteiger partial charge in [-0.25, -0.2) is 4.79 Å². The van der Waals surface area contributed by atoms with Crippen LogP contribution < -0.4 is 0 Å². The van der Waals surface area contributed by atoms with Crippen molar-refractivity contribution in [2.24, 2.45) is 0 Å². The predicted octanol–water partition coefficient (Wildman–Crippen LogP) is 3.33. The van der Waals surface area contributed by atoms with Gasteiger partial charge in [0.1, 0.15) is 18.8 Å². The molecule has 0 radical (unpaired) electrons. The summed E-state index contributed by atoms with van der Waals surface area (Å²) in [6.45, 7) is 15.9. The maximum atomic E-state index is 12.1. The van der Waals surface area contributed by atoms with E-state index in [1.807, 2.05) is 0 Å². The van der Waals surface area contributed by atoms with Gasteiger partial charge in [0, 0.05) is 19.8 Å². The van der Waals surface area contributed by atoms with Gasteiger partial charge in [0.05, 0.1) is 6.10 Å². The van der Waals surface area contributed by atoms with Gasteiger partial charge in [-0.15, -0.1) is 6.58 Å². The molecule has 0 amide bonds. The minimum absolute atomic E-state index is 0.0267. The number of fused-ring (bicyclic) bond motifs is 3. The van der Waals surface area contributed by atoms with E-state index in [0.29, 0.717) is 12.8 Å². The second-order valence-electron chi connectivity index (χ2n) is 9.25. The summed E-state index contributed by atoms with van der Waals surface area (Å²) in [7, 11) is -2.08. The Morgan fingerprint density at radius 2 is 2.04 bits per heavy atom. The third-order valence-corrected chi connectivity index (χ3v) is 10.9. The van der Waals surface area contributed by atoms with Crippen LogP contribution in [0.3, 0.4) is 0 Å². The second kappa shape index (κ2) is 6.32. The molecule has 0 aromatic carbocycles. The lowest BCUT2D eigenvalue weighted by molar-refractivity contribution is -0.162. The molecule has 2 aliphatic heterocycles. The van der Waals surface area contributed by atoms with Crippen LogP contribution in [-0.2, 0) is 28.2 Å². The van der Waals surface area contributed by atoms with Gasteiger partial charge in [0.15, 0.2) is 19.5 Å². The van der Waals surface area contributed by atoms with Crippen LogP contribution in [-0.4, -0.2) is 56.6 Å². The van der Waals surface area contributed by atoms with Gasteiger partial charge in [0.2, 0.25) is 0 Å². The lowest BCUT2D eigenvalue weighted by Crippen LogP contribution is -2.65. The molecule has 0 unspecified atom stereocenters. The third kappa shape index (κ3) is 3.21. The molecule has 1 saturated carbocycles. The smallest absolute Gasteiger partial charge is 0.461 e. The van der Waals surface area contributed by atoms with Crippen LogP contribution in [0.1, 0.15) is 40.5 Å². The highest BCUT2D eigenvalue weighted by Crippen LogP contribution is 2.58. The summed E-state index contributed by atoms with van der Waals surface area (Å²) < 4.78 is 29.1. The van der Waals surface area contributed by atoms with Crippen LogP contribution in [0.15, 0.2) is 12.7 Å². The van der Waals surface area contributed by atoms with Crippen molar-refractivity contribution in [3.8, 4) is 0 Å². The number of esters is 1. The Labute approximate surface area is 161 Å². The zero-order valence-electron chi connectivity index (χ0n) is 17.0. The SMILES string of the molecule is C=CC[C@@]12OC(=O)O[C@]1(COC(C)=O)C[C@@H](O[Si](C)(C)C(C)(C)C)[C@@H]1O[C@@H]12. The predicted molar refractivity (Wildman–Crippen MR) is 99.8 cm³/mol. The monoisotopic (exact) mass is 398 g/mol. The van der Waals surface area contributed by atoms with Crippen molar-refractivity contribution >= 4 is 20.4 Å². The first-order valence-corrected chi connectivity index (χ1v) is 12.3. The molecule has 7 nitrogen and oxygen atoms in total. The van der Waals surface area contributed by atoms with Crippen molar-refractivity contribution in [3.63, 3.8) is 0 Å². The fourth-order valence-electron chi connectivity index (χ4n) is 3.91. The van der Waals surface area contributed by atoms with E-state index in [9.17, 15) is 9.59 Å². The Morgan fingerprint density at radius 1 is 1.37 bits per heavy atom. The van der Waals surface area contributed by atoms with Crippen LogP contribution in [0.25, 0.3) is 0 Å². The zero-order valence-corrected chi connectivity index (χ0v) is 18.0. The summed E-state index contributed by atoms with van der Waals surface area (Å²) in [4.78, 5) is 23.6. The highest BCUT2D eigenvalue weighted by Gasteiger charge is 2.78. The summed E-state index contributed by atoms with van der Waals surface area (Å²) in [5, 5.41) is 0.0267. The fraction of sp³-hybridized carbons (Fsp3) is 0.789. The average Bonchev–Trinajstić information content (AvgIpc) is 3.25. The minimum Gasteiger partial charge on any atom is -0.461 e. The molecule has 3 rings (SSSR count). The van der Waals surface area contributed by atoms with E-state index in [1.165, 1.54) is 6.92 Å². The minimum atomic E-state index is -2.08. The van der Waals surface area contributed by atoms with Crippen LogP contribution in [0.4, 0.5) is 4.79 Å². The third-order valence-electron chi connectivity index (χ3n) is 6.41. The van der Waals surface area contributed by atoms with Crippen molar-refractivity contribution in [1.29, 1.82) is 0 Å². The highest BCUT2D eigenvalue weighted by atomic mass is 28.4. The molecule has 27 heavy (non-hydrogen) atoms. The Balaban J connectivity index is 1.93. The normalized spacial score (nSPS) is 37.6. The van der Waals surface area contributed by atoms with Crippen molar-refractivity contribution < 1.29 is 33.0 Å². The van der Waals surface area contributed by atoms with Gasteiger partial charge in [-0.2, -0.15) is 0 Å². The molecule has 3 aliphatic rings. The molecular formula is C19H30O7Si. The maximum absolute atomic E-state index is 12.1. The van der Waals surface area contributed by atoms with Gasteiger partial charge in [-0.1, -0.05) is 26.8 Å². The lowest BCUT2D eigenvalue weighted by Gasteiger charge is -2.46. The van der Waals surface area contributed by atoms with E-state index in [-0.39, 0.29) is 30.0 Å². The van der Waals surface area contributed by atoms with Crippen LogP contribution in [0.5, 0.6) is 0 Å². The van der Waals surface area contributed by atoms with Crippen LogP contribution in [0.2, 0.25) is 18.1 Å². The summed E-state index contributed by atoms with van der Waals surface area (Å²) in [5.41, 5.74) is -2.19. The molecule has 0 bridgehead atoms. The molecular weight excluding hydrogens is 368 g/mol. The highest BCUT2D eigenvalue weighted by molar-refractivity contribution is 6.74. The molecule has 0 aromatic heterocycles. The van der Waals surface area contributed by atoms with Gasteiger partial charge in [-0.05, 0) is 18.1 Å². The average molecular weight is 399 g/mol. The van der Waals surface area contributed by atoms with E-state index in [2.05, 4.69) is 40.4 Å². The number of carbonyl (C=O) groups excluding carboxylic acids is 2. The molecule has 8 heteroatoms. The first-order chi connectivity index (χ1) is 12.4. The van der Waals surface area contributed by atoms with Gasteiger partial charge >= 0.3 is 12.1 Å². The van der Waals surface area contributed by atoms with E-state index in [1.54, 1.807) is 6.08 Å². The molecule has 2 heterocycles. The van der Waals surface area contributed by atoms with E-state index >= 15 is 0 Å². The van der Waals surface area contributed by atoms with Gasteiger partial charge in [-0.3, -0.25) is 4.79 Å². The molecule has 0 spiro atoms. The standard InChI is InChI=1S/C19H30O7Si/c1-8-9-19-15-14(23-15)13(26-27(6,7)17(3,4)5)10-18(19,11-22-12(2)20)24-16(21)25-19/h8,13-15H,1,9-11H2,2-7H3/t13-,14+,15+,18+,19+/m1/s1. The molecule has 1 aliphatic carbocycles. The fourth-order valence-corrected chi connectivity index (χ4v) is 5.24. The molecule has 0 aromatic rings. The van der Waals surface area contributed by atoms with Crippen molar-refractivity contribution in [3.05, 3.63) is 12.7 Å². The van der Waals surface area contributed by atoms with Crippen LogP contribution >= 0.6 is 0 Å². The number of rotatable bonds is 6. The maximum Gasteiger partial charge on any atom is 0.509 e. The van der Waals surface area contributed by atoms with Crippen LogP contribution in [0, 0.1) is 0 Å². The quantitative estimate of drug-likeness (QED) is 0.294. The number of ether oxygens (including phenoxy) is 4. The number of epoxide rings is 1. The Bertz CT molecular complexity index is 655. The summed E-state index contributed by atoms with van der Waals surface area (Å²) in [6, 6.07) is 0. The largest absolute Gasteiger partial charge is 0.509 e. The molecule has 0 N–H and O–H groups in total. The first-order valence-electron chi connectivity index (χ1n) is 9.37. The van der Waals surface area contributed by atoms with Gasteiger partial charge < -0.3 is 23.4 Å². The van der Waals surface area contributed by atoms with E-state index < -0.39 is 31.6 Å². The lowest BCUT2D eigenvalue weighted by atomic mass is 9.69. The second-order valence-corrected chi connectivity index (χ2v) is 14.0. The molecule has 3 fully saturated rings. The first kappa shape index (κ1) is 20.4. The molecule has 2 saturated heterocycles. The van der Waals surface area contributed by atoms with Crippen molar-refractivity contribution in [2.75, 3.05) is 6.61 Å². The number of hydrogen-bond acceptors (Lipinski definition) is 7. The Hall–Kier alpha value is -1.38.